The van der Waals surface area contributed by atoms with Crippen LogP contribution in [0.4, 0.5) is 0 Å². The molecular formula is C16H15ClN2O. The van der Waals surface area contributed by atoms with Gasteiger partial charge in [-0.2, -0.15) is 0 Å². The van der Waals surface area contributed by atoms with E-state index in [1.54, 1.807) is 18.5 Å². The molecule has 1 amide bonds. The van der Waals surface area contributed by atoms with Crippen LogP contribution >= 0.6 is 11.6 Å². The molecule has 1 aromatic carbocycles. The topological polar surface area (TPSA) is 33.2 Å². The first-order valence-corrected chi connectivity index (χ1v) is 7.10. The summed E-state index contributed by atoms with van der Waals surface area (Å²) in [5, 5.41) is 0.719. The SMILES string of the molecule is O=C(c1cccnc1)N1CCCC1c1ccc(Cl)cc1. The maximum Gasteiger partial charge on any atom is 0.255 e. The molecule has 1 aromatic heterocycles. The highest BCUT2D eigenvalue weighted by Crippen LogP contribution is 2.33. The Hall–Kier alpha value is -1.87. The summed E-state index contributed by atoms with van der Waals surface area (Å²) in [7, 11) is 0. The predicted octanol–water partition coefficient (Wildman–Crippen LogP) is 3.71. The van der Waals surface area contributed by atoms with Crippen molar-refractivity contribution in [3.05, 3.63) is 64.9 Å². The molecule has 20 heavy (non-hydrogen) atoms. The van der Waals surface area contributed by atoms with Gasteiger partial charge in [0.15, 0.2) is 0 Å². The lowest BCUT2D eigenvalue weighted by atomic mass is 10.0. The molecule has 1 aliphatic heterocycles. The number of nitrogens with zero attached hydrogens (tertiary/aromatic N) is 2. The second-order valence-electron chi connectivity index (χ2n) is 4.95. The van der Waals surface area contributed by atoms with Crippen LogP contribution in [0.25, 0.3) is 0 Å². The molecule has 0 spiro atoms. The number of likely N-dealkylation sites (tertiary alicyclic amines) is 1. The molecule has 1 unspecified atom stereocenters. The predicted molar refractivity (Wildman–Crippen MR) is 78.7 cm³/mol. The zero-order chi connectivity index (χ0) is 13.9. The quantitative estimate of drug-likeness (QED) is 0.843. The van der Waals surface area contributed by atoms with E-state index < -0.39 is 0 Å². The number of hydrogen-bond acceptors (Lipinski definition) is 2. The Morgan fingerprint density at radius 3 is 2.75 bits per heavy atom. The molecule has 0 aliphatic carbocycles. The van der Waals surface area contributed by atoms with Gasteiger partial charge in [-0.15, -0.1) is 0 Å². The molecule has 1 fully saturated rings. The summed E-state index contributed by atoms with van der Waals surface area (Å²) in [6.45, 7) is 0.793. The van der Waals surface area contributed by atoms with E-state index in [0.29, 0.717) is 5.56 Å². The molecule has 2 heterocycles. The molecule has 4 heteroatoms. The zero-order valence-corrected chi connectivity index (χ0v) is 11.8. The lowest BCUT2D eigenvalue weighted by molar-refractivity contribution is 0.0735. The number of rotatable bonds is 2. The van der Waals surface area contributed by atoms with E-state index in [-0.39, 0.29) is 11.9 Å². The van der Waals surface area contributed by atoms with Gasteiger partial charge in [-0.05, 0) is 42.7 Å². The molecule has 0 saturated carbocycles. The minimum atomic E-state index is 0.0514. The average molecular weight is 287 g/mol. The van der Waals surface area contributed by atoms with Gasteiger partial charge >= 0.3 is 0 Å². The summed E-state index contributed by atoms with van der Waals surface area (Å²) < 4.78 is 0. The second-order valence-corrected chi connectivity index (χ2v) is 5.39. The van der Waals surface area contributed by atoms with Crippen molar-refractivity contribution in [3.63, 3.8) is 0 Å². The summed E-state index contributed by atoms with van der Waals surface area (Å²) in [6, 6.07) is 11.5. The van der Waals surface area contributed by atoms with Gasteiger partial charge in [0.2, 0.25) is 0 Å². The Bertz CT molecular complexity index is 598. The number of aromatic nitrogens is 1. The number of pyridine rings is 1. The number of carbonyl (C=O) groups is 1. The first kappa shape index (κ1) is 13.1. The normalized spacial score (nSPS) is 18.2. The second kappa shape index (κ2) is 5.63. The summed E-state index contributed by atoms with van der Waals surface area (Å²) in [6.07, 6.45) is 5.32. The third-order valence-corrected chi connectivity index (χ3v) is 3.93. The van der Waals surface area contributed by atoms with Gasteiger partial charge in [0, 0.05) is 24.0 Å². The van der Waals surface area contributed by atoms with E-state index in [9.17, 15) is 4.79 Å². The molecule has 1 saturated heterocycles. The molecule has 2 aromatic rings. The van der Waals surface area contributed by atoms with Crippen LogP contribution in [0.5, 0.6) is 0 Å². The standard InChI is InChI=1S/C16H15ClN2O/c17-14-7-5-12(6-8-14)15-4-2-10-19(15)16(20)13-3-1-9-18-11-13/h1,3,5-9,11,15H,2,4,10H2. The Kier molecular flexibility index (Phi) is 3.70. The molecule has 102 valence electrons. The molecule has 3 rings (SSSR count). The van der Waals surface area contributed by atoms with Crippen molar-refractivity contribution in [1.82, 2.24) is 9.88 Å². The van der Waals surface area contributed by atoms with Crippen LogP contribution in [0.2, 0.25) is 5.02 Å². The highest BCUT2D eigenvalue weighted by Gasteiger charge is 2.30. The molecule has 3 nitrogen and oxygen atoms in total. The van der Waals surface area contributed by atoms with Crippen LogP contribution in [0.15, 0.2) is 48.8 Å². The highest BCUT2D eigenvalue weighted by molar-refractivity contribution is 6.30. The Morgan fingerprint density at radius 2 is 2.05 bits per heavy atom. The van der Waals surface area contributed by atoms with Crippen molar-refractivity contribution >= 4 is 17.5 Å². The van der Waals surface area contributed by atoms with Gasteiger partial charge in [0.25, 0.3) is 5.91 Å². The lowest BCUT2D eigenvalue weighted by Crippen LogP contribution is -2.30. The van der Waals surface area contributed by atoms with E-state index in [2.05, 4.69) is 4.98 Å². The number of carbonyl (C=O) groups excluding carboxylic acids is 1. The summed E-state index contributed by atoms with van der Waals surface area (Å²) >= 11 is 5.92. The number of hydrogen-bond donors (Lipinski definition) is 0. The van der Waals surface area contributed by atoms with Gasteiger partial charge < -0.3 is 4.90 Å². The number of amides is 1. The van der Waals surface area contributed by atoms with Crippen LogP contribution in [0, 0.1) is 0 Å². The fourth-order valence-electron chi connectivity index (χ4n) is 2.70. The lowest BCUT2D eigenvalue weighted by Gasteiger charge is -2.25. The van der Waals surface area contributed by atoms with Gasteiger partial charge in [-0.25, -0.2) is 0 Å². The summed E-state index contributed by atoms with van der Waals surface area (Å²) in [5.74, 6) is 0.0514. The fraction of sp³-hybridized carbons (Fsp3) is 0.250. The van der Waals surface area contributed by atoms with Gasteiger partial charge in [-0.3, -0.25) is 9.78 Å². The molecule has 0 radical (unpaired) electrons. The van der Waals surface area contributed by atoms with Crippen LogP contribution in [-0.2, 0) is 0 Å². The summed E-state index contributed by atoms with van der Waals surface area (Å²) in [4.78, 5) is 18.5. The molecule has 0 bridgehead atoms. The van der Waals surface area contributed by atoms with Crippen LogP contribution in [0.1, 0.15) is 34.8 Å². The van der Waals surface area contributed by atoms with Crippen molar-refractivity contribution in [1.29, 1.82) is 0 Å². The van der Waals surface area contributed by atoms with Crippen molar-refractivity contribution in [2.75, 3.05) is 6.54 Å². The third kappa shape index (κ3) is 2.54. The largest absolute Gasteiger partial charge is 0.332 e. The molecule has 0 N–H and O–H groups in total. The monoisotopic (exact) mass is 286 g/mol. The molecule has 1 aliphatic rings. The first-order chi connectivity index (χ1) is 9.75. The van der Waals surface area contributed by atoms with Crippen LogP contribution in [-0.4, -0.2) is 22.3 Å². The molecular weight excluding hydrogens is 272 g/mol. The average Bonchev–Trinajstić information content (AvgIpc) is 2.97. The van der Waals surface area contributed by atoms with Crippen LogP contribution in [0.3, 0.4) is 0 Å². The minimum absolute atomic E-state index is 0.0514. The van der Waals surface area contributed by atoms with E-state index in [1.807, 2.05) is 35.2 Å². The van der Waals surface area contributed by atoms with Crippen molar-refractivity contribution in [2.45, 2.75) is 18.9 Å². The maximum absolute atomic E-state index is 12.6. The Labute approximate surface area is 123 Å². The number of halogens is 1. The highest BCUT2D eigenvalue weighted by atomic mass is 35.5. The zero-order valence-electron chi connectivity index (χ0n) is 11.0. The fourth-order valence-corrected chi connectivity index (χ4v) is 2.82. The Morgan fingerprint density at radius 1 is 1.25 bits per heavy atom. The first-order valence-electron chi connectivity index (χ1n) is 6.72. The van der Waals surface area contributed by atoms with Crippen LogP contribution < -0.4 is 0 Å². The number of benzene rings is 1. The van der Waals surface area contributed by atoms with Gasteiger partial charge in [0.1, 0.15) is 0 Å². The maximum atomic E-state index is 12.6. The Balaban J connectivity index is 1.86. The van der Waals surface area contributed by atoms with E-state index in [0.717, 1.165) is 30.0 Å². The van der Waals surface area contributed by atoms with E-state index in [4.69, 9.17) is 11.6 Å². The van der Waals surface area contributed by atoms with Crippen molar-refractivity contribution < 1.29 is 4.79 Å². The van der Waals surface area contributed by atoms with Gasteiger partial charge in [-0.1, -0.05) is 23.7 Å². The van der Waals surface area contributed by atoms with Gasteiger partial charge in [0.05, 0.1) is 11.6 Å². The van der Waals surface area contributed by atoms with Crippen molar-refractivity contribution in [3.8, 4) is 0 Å². The summed E-state index contributed by atoms with van der Waals surface area (Å²) in [5.41, 5.74) is 1.79. The third-order valence-electron chi connectivity index (χ3n) is 3.68. The molecule has 1 atom stereocenters. The van der Waals surface area contributed by atoms with Crippen molar-refractivity contribution in [2.24, 2.45) is 0 Å². The smallest absolute Gasteiger partial charge is 0.255 e. The van der Waals surface area contributed by atoms with E-state index >= 15 is 0 Å². The minimum Gasteiger partial charge on any atom is -0.332 e. The van der Waals surface area contributed by atoms with E-state index in [1.165, 1.54) is 0 Å².